The summed E-state index contributed by atoms with van der Waals surface area (Å²) in [5.74, 6) is 0.378. The fourth-order valence-corrected chi connectivity index (χ4v) is 4.55. The minimum Gasteiger partial charge on any atom is -0.309 e. The molecule has 1 aliphatic rings. The maximum Gasteiger partial charge on any atom is 0.250 e. The van der Waals surface area contributed by atoms with Gasteiger partial charge in [0.2, 0.25) is 10.0 Å². The molecule has 1 atom stereocenters. The maximum absolute atomic E-state index is 12.7. The Labute approximate surface area is 128 Å². The predicted octanol–water partition coefficient (Wildman–Crippen LogP) is 1.44. The molecule has 1 unspecified atom stereocenters. The Kier molecular flexibility index (Phi) is 4.08. The average Bonchev–Trinajstić information content (AvgIpc) is 2.98. The second-order valence-electron chi connectivity index (χ2n) is 5.33. The third-order valence-corrected chi connectivity index (χ3v) is 5.61. The van der Waals surface area contributed by atoms with Gasteiger partial charge in [-0.05, 0) is 18.4 Å². The van der Waals surface area contributed by atoms with Gasteiger partial charge in [-0.25, -0.2) is 13.4 Å². The van der Waals surface area contributed by atoms with Crippen molar-refractivity contribution in [2.45, 2.75) is 24.6 Å². The summed E-state index contributed by atoms with van der Waals surface area (Å²) < 4.78 is 26.8. The van der Waals surface area contributed by atoms with Gasteiger partial charge in [0.1, 0.15) is 5.82 Å². The molecule has 1 saturated heterocycles. The predicted molar refractivity (Wildman–Crippen MR) is 82.6 cm³/mol. The lowest BCUT2D eigenvalue weighted by Gasteiger charge is -2.23. The fraction of sp³-hybridized carbons (Fsp3) is 0.333. The van der Waals surface area contributed by atoms with Crippen LogP contribution in [0.4, 0.5) is 0 Å². The van der Waals surface area contributed by atoms with Crippen molar-refractivity contribution < 1.29 is 8.42 Å². The minimum atomic E-state index is -3.45. The van der Waals surface area contributed by atoms with Gasteiger partial charge in [-0.15, -0.1) is 0 Å². The van der Waals surface area contributed by atoms with Crippen LogP contribution >= 0.6 is 0 Å². The van der Waals surface area contributed by atoms with Crippen LogP contribution in [0.5, 0.6) is 0 Å². The van der Waals surface area contributed by atoms with Crippen LogP contribution in [0.2, 0.25) is 0 Å². The molecule has 3 rings (SSSR count). The van der Waals surface area contributed by atoms with Crippen molar-refractivity contribution in [1.29, 1.82) is 0 Å². The van der Waals surface area contributed by atoms with E-state index < -0.39 is 10.0 Å². The first-order valence-corrected chi connectivity index (χ1v) is 8.76. The summed E-state index contributed by atoms with van der Waals surface area (Å²) in [6.45, 7) is 0.457. The van der Waals surface area contributed by atoms with Gasteiger partial charge in [-0.1, -0.05) is 30.3 Å². The van der Waals surface area contributed by atoms with E-state index in [0.717, 1.165) is 12.0 Å². The minimum absolute atomic E-state index is 0.0403. The van der Waals surface area contributed by atoms with Gasteiger partial charge in [0, 0.05) is 18.8 Å². The van der Waals surface area contributed by atoms with E-state index in [1.54, 1.807) is 12.1 Å². The van der Waals surface area contributed by atoms with Crippen molar-refractivity contribution in [3.8, 4) is 0 Å². The van der Waals surface area contributed by atoms with Gasteiger partial charge in [-0.3, -0.25) is 4.79 Å². The van der Waals surface area contributed by atoms with Crippen LogP contribution in [0, 0.1) is 0 Å². The van der Waals surface area contributed by atoms with Gasteiger partial charge in [0.05, 0.1) is 11.8 Å². The lowest BCUT2D eigenvalue weighted by Crippen LogP contribution is -2.33. The Hall–Kier alpha value is -1.99. The van der Waals surface area contributed by atoms with Crippen molar-refractivity contribution >= 4 is 10.0 Å². The van der Waals surface area contributed by atoms with Gasteiger partial charge in [0.25, 0.3) is 5.56 Å². The molecule has 6 nitrogen and oxygen atoms in total. The van der Waals surface area contributed by atoms with Gasteiger partial charge < -0.3 is 4.98 Å². The number of sulfonamides is 1. The fourth-order valence-electron chi connectivity index (χ4n) is 2.77. The average molecular weight is 319 g/mol. The molecular weight excluding hydrogens is 302 g/mol. The second-order valence-corrected chi connectivity index (χ2v) is 7.25. The second kappa shape index (κ2) is 6.02. The smallest absolute Gasteiger partial charge is 0.250 e. The number of nitrogens with one attached hydrogen (secondary N) is 1. The summed E-state index contributed by atoms with van der Waals surface area (Å²) in [6, 6.07) is 10.0. The van der Waals surface area contributed by atoms with E-state index in [4.69, 9.17) is 0 Å². The third kappa shape index (κ3) is 3.10. The zero-order valence-electron chi connectivity index (χ0n) is 12.0. The lowest BCUT2D eigenvalue weighted by molar-refractivity contribution is 0.382. The van der Waals surface area contributed by atoms with Gasteiger partial charge in [0.15, 0.2) is 0 Å². The molecule has 116 valence electrons. The summed E-state index contributed by atoms with van der Waals surface area (Å²) in [4.78, 5) is 18.2. The molecule has 0 radical (unpaired) electrons. The Morgan fingerprint density at radius 2 is 2.00 bits per heavy atom. The first-order chi connectivity index (χ1) is 10.6. The zero-order chi connectivity index (χ0) is 15.6. The maximum atomic E-state index is 12.7. The Balaban J connectivity index is 1.87. The molecule has 1 fully saturated rings. The van der Waals surface area contributed by atoms with Crippen LogP contribution in [-0.4, -0.2) is 29.2 Å². The number of H-pyrrole nitrogens is 1. The zero-order valence-corrected chi connectivity index (χ0v) is 12.8. The van der Waals surface area contributed by atoms with E-state index in [2.05, 4.69) is 9.97 Å². The van der Waals surface area contributed by atoms with Crippen molar-refractivity contribution in [3.63, 3.8) is 0 Å². The van der Waals surface area contributed by atoms with E-state index in [9.17, 15) is 13.2 Å². The van der Waals surface area contributed by atoms with E-state index in [-0.39, 0.29) is 17.4 Å². The molecule has 0 amide bonds. The number of benzene rings is 1. The number of nitrogens with zero attached hydrogens (tertiary/aromatic N) is 2. The van der Waals surface area contributed by atoms with Crippen LogP contribution in [0.1, 0.15) is 30.3 Å². The molecule has 0 spiro atoms. The van der Waals surface area contributed by atoms with Crippen LogP contribution < -0.4 is 5.56 Å². The third-order valence-electron chi connectivity index (χ3n) is 3.76. The monoisotopic (exact) mass is 319 g/mol. The molecule has 1 aliphatic heterocycles. The lowest BCUT2D eigenvalue weighted by atomic mass is 10.2. The normalized spacial score (nSPS) is 19.4. The quantitative estimate of drug-likeness (QED) is 0.924. The molecule has 0 aliphatic carbocycles. The van der Waals surface area contributed by atoms with Gasteiger partial charge >= 0.3 is 0 Å². The number of rotatable bonds is 4. The SMILES string of the molecule is O=c1ccnc(C2CCCN2S(=O)(=O)Cc2ccccc2)[nH]1. The van der Waals surface area contributed by atoms with Crippen LogP contribution in [0.25, 0.3) is 0 Å². The number of hydrogen-bond acceptors (Lipinski definition) is 4. The molecule has 0 saturated carbocycles. The highest BCUT2D eigenvalue weighted by molar-refractivity contribution is 7.88. The first kappa shape index (κ1) is 14.9. The number of aromatic nitrogens is 2. The van der Waals surface area contributed by atoms with Crippen LogP contribution in [0.3, 0.4) is 0 Å². The molecule has 0 bridgehead atoms. The summed E-state index contributed by atoms with van der Waals surface area (Å²) >= 11 is 0. The molecule has 2 heterocycles. The highest BCUT2D eigenvalue weighted by Gasteiger charge is 2.36. The largest absolute Gasteiger partial charge is 0.309 e. The van der Waals surface area contributed by atoms with E-state index in [0.29, 0.717) is 18.8 Å². The van der Waals surface area contributed by atoms with Crippen LogP contribution in [0.15, 0.2) is 47.4 Å². The number of aromatic amines is 1. The molecule has 1 aromatic carbocycles. The Morgan fingerprint density at radius 1 is 1.23 bits per heavy atom. The molecule has 2 aromatic rings. The summed E-state index contributed by atoms with van der Waals surface area (Å²) in [5.41, 5.74) is 0.486. The standard InChI is InChI=1S/C15H17N3O3S/c19-14-8-9-16-15(17-14)13-7-4-10-18(13)22(20,21)11-12-5-2-1-3-6-12/h1-3,5-6,8-9,13H,4,7,10-11H2,(H,16,17,19). The summed E-state index contributed by atoms with van der Waals surface area (Å²) in [7, 11) is -3.45. The van der Waals surface area contributed by atoms with E-state index in [1.807, 2.05) is 18.2 Å². The molecule has 7 heteroatoms. The van der Waals surface area contributed by atoms with Gasteiger partial charge in [-0.2, -0.15) is 4.31 Å². The number of hydrogen-bond donors (Lipinski definition) is 1. The Morgan fingerprint density at radius 3 is 2.73 bits per heavy atom. The van der Waals surface area contributed by atoms with Crippen molar-refractivity contribution in [1.82, 2.24) is 14.3 Å². The molecular formula is C15H17N3O3S. The highest BCUT2D eigenvalue weighted by Crippen LogP contribution is 2.32. The summed E-state index contributed by atoms with van der Waals surface area (Å²) in [5, 5.41) is 0. The highest BCUT2D eigenvalue weighted by atomic mass is 32.2. The van der Waals surface area contributed by atoms with Crippen molar-refractivity contribution in [2.75, 3.05) is 6.54 Å². The van der Waals surface area contributed by atoms with Crippen molar-refractivity contribution in [2.24, 2.45) is 0 Å². The van der Waals surface area contributed by atoms with E-state index in [1.165, 1.54) is 16.6 Å². The molecule has 1 aromatic heterocycles. The topological polar surface area (TPSA) is 83.1 Å². The van der Waals surface area contributed by atoms with E-state index >= 15 is 0 Å². The van der Waals surface area contributed by atoms with Crippen LogP contribution in [-0.2, 0) is 15.8 Å². The van der Waals surface area contributed by atoms with Crippen molar-refractivity contribution in [3.05, 3.63) is 64.3 Å². The summed E-state index contributed by atoms with van der Waals surface area (Å²) in [6.07, 6.45) is 2.84. The molecule has 1 N–H and O–H groups in total. The Bertz CT molecular complexity index is 802. The first-order valence-electron chi connectivity index (χ1n) is 7.15. The molecule has 22 heavy (non-hydrogen) atoms.